The third-order valence-electron chi connectivity index (χ3n) is 3.63. The van der Waals surface area contributed by atoms with Crippen molar-refractivity contribution >= 4 is 11.8 Å². The number of aryl methyl sites for hydroxylation is 1. The number of thioether (sulfide) groups is 1. The molecule has 2 atom stereocenters. The van der Waals surface area contributed by atoms with Crippen molar-refractivity contribution < 1.29 is 0 Å². The first-order chi connectivity index (χ1) is 9.78. The third kappa shape index (κ3) is 2.74. The molecular weight excluding hydrogens is 268 g/mol. The van der Waals surface area contributed by atoms with Gasteiger partial charge in [0.15, 0.2) is 0 Å². The molecule has 1 aliphatic rings. The van der Waals surface area contributed by atoms with Gasteiger partial charge in [-0.3, -0.25) is 5.10 Å². The molecule has 106 valence electrons. The van der Waals surface area contributed by atoms with Crippen LogP contribution in [0.5, 0.6) is 0 Å². The fourth-order valence-electron chi connectivity index (χ4n) is 2.72. The molecule has 3 rings (SSSR count). The smallest absolute Gasteiger partial charge is 0.208 e. The number of nitrogens with zero attached hydrogens (tertiary/aromatic N) is 2. The van der Waals surface area contributed by atoms with Crippen LogP contribution in [0.25, 0.3) is 0 Å². The highest BCUT2D eigenvalue weighted by Crippen LogP contribution is 2.40. The standard InChI is InChI=1S/C15H20N4S/c1-3-8-16-14-12-7-5-4-6-11(12)9-13(14)20-15-17-10(2)18-19-15/h4-7,13-14,16H,3,8-9H2,1-2H3,(H,17,18,19). The van der Waals surface area contributed by atoms with Crippen molar-refractivity contribution in [3.63, 3.8) is 0 Å². The lowest BCUT2D eigenvalue weighted by molar-refractivity contribution is 0.538. The van der Waals surface area contributed by atoms with Gasteiger partial charge in [-0.25, -0.2) is 4.98 Å². The van der Waals surface area contributed by atoms with E-state index < -0.39 is 0 Å². The van der Waals surface area contributed by atoms with Gasteiger partial charge in [0, 0.05) is 11.3 Å². The second kappa shape index (κ2) is 5.97. The highest BCUT2D eigenvalue weighted by Gasteiger charge is 2.33. The molecule has 0 amide bonds. The van der Waals surface area contributed by atoms with Crippen LogP contribution in [0.3, 0.4) is 0 Å². The zero-order valence-corrected chi connectivity index (χ0v) is 12.7. The maximum atomic E-state index is 4.42. The molecule has 2 aromatic rings. The fourth-order valence-corrected chi connectivity index (χ4v) is 3.92. The Morgan fingerprint density at radius 2 is 2.25 bits per heavy atom. The first kappa shape index (κ1) is 13.6. The number of hydrogen-bond donors (Lipinski definition) is 2. The molecule has 0 bridgehead atoms. The van der Waals surface area contributed by atoms with E-state index in [9.17, 15) is 0 Å². The predicted molar refractivity (Wildman–Crippen MR) is 81.9 cm³/mol. The Balaban J connectivity index is 1.79. The molecule has 0 radical (unpaired) electrons. The number of nitrogens with one attached hydrogen (secondary N) is 2. The van der Waals surface area contributed by atoms with Crippen molar-refractivity contribution in [1.29, 1.82) is 0 Å². The number of rotatable bonds is 5. The second-order valence-corrected chi connectivity index (χ2v) is 6.40. The van der Waals surface area contributed by atoms with Gasteiger partial charge in [0.05, 0.1) is 0 Å². The van der Waals surface area contributed by atoms with E-state index in [2.05, 4.69) is 51.7 Å². The average molecular weight is 288 g/mol. The molecule has 4 nitrogen and oxygen atoms in total. The number of benzene rings is 1. The summed E-state index contributed by atoms with van der Waals surface area (Å²) in [6.45, 7) is 5.19. The molecular formula is C15H20N4S. The van der Waals surface area contributed by atoms with Crippen LogP contribution in [0.1, 0.15) is 36.3 Å². The summed E-state index contributed by atoms with van der Waals surface area (Å²) in [5.74, 6) is 0.876. The molecule has 1 heterocycles. The van der Waals surface area contributed by atoms with E-state index >= 15 is 0 Å². The van der Waals surface area contributed by atoms with Gasteiger partial charge in [0.1, 0.15) is 5.82 Å². The van der Waals surface area contributed by atoms with Gasteiger partial charge in [-0.1, -0.05) is 43.0 Å². The summed E-state index contributed by atoms with van der Waals surface area (Å²) in [4.78, 5) is 4.42. The van der Waals surface area contributed by atoms with Crippen LogP contribution < -0.4 is 5.32 Å². The average Bonchev–Trinajstić information content (AvgIpc) is 3.00. The summed E-state index contributed by atoms with van der Waals surface area (Å²) >= 11 is 1.77. The molecule has 0 aliphatic heterocycles. The van der Waals surface area contributed by atoms with Crippen molar-refractivity contribution in [3.05, 3.63) is 41.2 Å². The summed E-state index contributed by atoms with van der Waals surface area (Å²) in [5, 5.41) is 12.2. The van der Waals surface area contributed by atoms with Crippen LogP contribution >= 0.6 is 11.8 Å². The Bertz CT molecular complexity index is 581. The molecule has 0 spiro atoms. The van der Waals surface area contributed by atoms with Crippen molar-refractivity contribution in [2.24, 2.45) is 0 Å². The highest BCUT2D eigenvalue weighted by atomic mass is 32.2. The van der Waals surface area contributed by atoms with Gasteiger partial charge in [0.25, 0.3) is 0 Å². The van der Waals surface area contributed by atoms with Gasteiger partial charge >= 0.3 is 0 Å². The lowest BCUT2D eigenvalue weighted by atomic mass is 10.1. The molecule has 0 fully saturated rings. The van der Waals surface area contributed by atoms with Crippen LogP contribution in [-0.4, -0.2) is 27.0 Å². The summed E-state index contributed by atoms with van der Waals surface area (Å²) < 4.78 is 0. The Morgan fingerprint density at radius 3 is 3.00 bits per heavy atom. The maximum Gasteiger partial charge on any atom is 0.208 e. The molecule has 2 unspecified atom stereocenters. The Kier molecular flexibility index (Phi) is 4.08. The minimum atomic E-state index is 0.398. The summed E-state index contributed by atoms with van der Waals surface area (Å²) in [6.07, 6.45) is 2.23. The second-order valence-electron chi connectivity index (χ2n) is 5.19. The number of hydrogen-bond acceptors (Lipinski definition) is 4. The van der Waals surface area contributed by atoms with Crippen LogP contribution in [0.4, 0.5) is 0 Å². The lowest BCUT2D eigenvalue weighted by Crippen LogP contribution is -2.27. The largest absolute Gasteiger partial charge is 0.309 e. The predicted octanol–water partition coefficient (Wildman–Crippen LogP) is 2.87. The molecule has 1 aromatic carbocycles. The minimum absolute atomic E-state index is 0.398. The van der Waals surface area contributed by atoms with E-state index in [1.165, 1.54) is 11.1 Å². The first-order valence-electron chi connectivity index (χ1n) is 7.14. The van der Waals surface area contributed by atoms with Gasteiger partial charge < -0.3 is 5.32 Å². The van der Waals surface area contributed by atoms with Gasteiger partial charge in [-0.05, 0) is 37.4 Å². The van der Waals surface area contributed by atoms with Crippen molar-refractivity contribution in [2.45, 2.75) is 43.1 Å². The van der Waals surface area contributed by atoms with Gasteiger partial charge in [-0.15, -0.1) is 5.10 Å². The maximum absolute atomic E-state index is 4.42. The van der Waals surface area contributed by atoms with Crippen LogP contribution in [-0.2, 0) is 6.42 Å². The van der Waals surface area contributed by atoms with E-state index in [-0.39, 0.29) is 0 Å². The Labute approximate surface area is 123 Å². The summed E-state index contributed by atoms with van der Waals surface area (Å²) in [6, 6.07) is 9.13. The Hall–Kier alpha value is -1.33. The van der Waals surface area contributed by atoms with Crippen molar-refractivity contribution in [2.75, 3.05) is 6.54 Å². The van der Waals surface area contributed by atoms with E-state index in [0.29, 0.717) is 11.3 Å². The normalized spacial score (nSPS) is 21.1. The van der Waals surface area contributed by atoms with E-state index in [4.69, 9.17) is 0 Å². The quantitative estimate of drug-likeness (QED) is 0.888. The summed E-state index contributed by atoms with van der Waals surface area (Å²) in [5.41, 5.74) is 2.89. The third-order valence-corrected chi connectivity index (χ3v) is 4.77. The molecule has 1 aliphatic carbocycles. The first-order valence-corrected chi connectivity index (χ1v) is 8.02. The van der Waals surface area contributed by atoms with Gasteiger partial charge in [-0.2, -0.15) is 0 Å². The van der Waals surface area contributed by atoms with Crippen LogP contribution in [0, 0.1) is 6.92 Å². The number of aromatic amines is 1. The Morgan fingerprint density at radius 1 is 1.40 bits per heavy atom. The lowest BCUT2D eigenvalue weighted by Gasteiger charge is -2.20. The van der Waals surface area contributed by atoms with E-state index in [1.54, 1.807) is 11.8 Å². The molecule has 0 saturated carbocycles. The van der Waals surface area contributed by atoms with E-state index in [0.717, 1.165) is 30.4 Å². The molecule has 1 aromatic heterocycles. The molecule has 2 N–H and O–H groups in total. The zero-order valence-electron chi connectivity index (χ0n) is 11.9. The SMILES string of the molecule is CCCNC1c2ccccc2CC1Sc1n[nH]c(C)n1. The monoisotopic (exact) mass is 288 g/mol. The molecule has 0 saturated heterocycles. The highest BCUT2D eigenvalue weighted by molar-refractivity contribution is 7.99. The fraction of sp³-hybridized carbons (Fsp3) is 0.467. The number of H-pyrrole nitrogens is 1. The van der Waals surface area contributed by atoms with E-state index in [1.807, 2.05) is 6.92 Å². The topological polar surface area (TPSA) is 53.6 Å². The van der Waals surface area contributed by atoms with Crippen LogP contribution in [0.15, 0.2) is 29.4 Å². The van der Waals surface area contributed by atoms with Gasteiger partial charge in [0.2, 0.25) is 5.16 Å². The van der Waals surface area contributed by atoms with Crippen molar-refractivity contribution in [3.8, 4) is 0 Å². The van der Waals surface area contributed by atoms with Crippen molar-refractivity contribution in [1.82, 2.24) is 20.5 Å². The molecule has 5 heteroatoms. The summed E-state index contributed by atoms with van der Waals surface area (Å²) in [7, 11) is 0. The molecule has 20 heavy (non-hydrogen) atoms. The minimum Gasteiger partial charge on any atom is -0.309 e. The number of aromatic nitrogens is 3. The number of fused-ring (bicyclic) bond motifs is 1. The van der Waals surface area contributed by atoms with Crippen LogP contribution in [0.2, 0.25) is 0 Å². The zero-order chi connectivity index (χ0) is 13.9.